The Morgan fingerprint density at radius 1 is 1.26 bits per heavy atom. The summed E-state index contributed by atoms with van der Waals surface area (Å²) in [6, 6.07) is 6.64. The molecule has 0 spiro atoms. The third-order valence-corrected chi connectivity index (χ3v) is 4.01. The fourth-order valence-corrected chi connectivity index (χ4v) is 2.50. The number of guanidine groups is 1. The molecule has 23 heavy (non-hydrogen) atoms. The van der Waals surface area contributed by atoms with Gasteiger partial charge >= 0.3 is 0 Å². The molecule has 1 aliphatic carbocycles. The summed E-state index contributed by atoms with van der Waals surface area (Å²) < 4.78 is 11.4. The van der Waals surface area contributed by atoms with E-state index < -0.39 is 0 Å². The number of nitrogens with zero attached hydrogens (tertiary/aromatic N) is 1. The number of fused-ring (bicyclic) bond motifs is 1. The number of hydrogen-bond acceptors (Lipinski definition) is 3. The molecular formula is C17H26IN3O2. The van der Waals surface area contributed by atoms with Crippen LogP contribution in [0.3, 0.4) is 0 Å². The van der Waals surface area contributed by atoms with Crippen molar-refractivity contribution in [3.63, 3.8) is 0 Å². The van der Waals surface area contributed by atoms with Crippen LogP contribution >= 0.6 is 24.0 Å². The Hall–Kier alpha value is -1.18. The van der Waals surface area contributed by atoms with Crippen molar-refractivity contribution < 1.29 is 9.47 Å². The van der Waals surface area contributed by atoms with Crippen LogP contribution in [-0.2, 0) is 6.54 Å². The van der Waals surface area contributed by atoms with Gasteiger partial charge in [0.1, 0.15) is 0 Å². The fourth-order valence-electron chi connectivity index (χ4n) is 2.50. The first-order chi connectivity index (χ1) is 10.8. The normalized spacial score (nSPS) is 22.6. The summed E-state index contributed by atoms with van der Waals surface area (Å²) in [4.78, 5) is 4.67. The van der Waals surface area contributed by atoms with Gasteiger partial charge in [-0.1, -0.05) is 13.0 Å². The van der Waals surface area contributed by atoms with Gasteiger partial charge in [-0.25, -0.2) is 4.99 Å². The summed E-state index contributed by atoms with van der Waals surface area (Å²) in [5, 5.41) is 6.77. The molecule has 2 N–H and O–H groups in total. The minimum Gasteiger partial charge on any atom is -0.490 e. The van der Waals surface area contributed by atoms with Gasteiger partial charge in [0.15, 0.2) is 17.5 Å². The molecule has 3 rings (SSSR count). The Kier molecular flexibility index (Phi) is 6.80. The standard InChI is InChI=1S/C17H25N3O2.HI/c1-3-18-17(20-14-9-12(14)2)19-11-13-5-6-15-16(10-13)22-8-4-7-21-15;/h5-6,10,12,14H,3-4,7-9,11H2,1-2H3,(H2,18,19,20);1H. The van der Waals surface area contributed by atoms with Crippen molar-refractivity contribution in [1.82, 2.24) is 10.6 Å². The highest BCUT2D eigenvalue weighted by molar-refractivity contribution is 14.0. The van der Waals surface area contributed by atoms with Gasteiger partial charge in [0, 0.05) is 19.0 Å². The average molecular weight is 431 g/mol. The highest BCUT2D eigenvalue weighted by Gasteiger charge is 2.33. The zero-order chi connectivity index (χ0) is 15.4. The van der Waals surface area contributed by atoms with E-state index in [1.54, 1.807) is 0 Å². The lowest BCUT2D eigenvalue weighted by Crippen LogP contribution is -2.39. The molecule has 0 aromatic heterocycles. The second-order valence-corrected chi connectivity index (χ2v) is 5.99. The number of rotatable bonds is 4. The van der Waals surface area contributed by atoms with Crippen LogP contribution in [0.2, 0.25) is 0 Å². The summed E-state index contributed by atoms with van der Waals surface area (Å²) in [6.45, 7) is 7.27. The van der Waals surface area contributed by atoms with Crippen molar-refractivity contribution in [2.24, 2.45) is 10.9 Å². The molecule has 128 valence electrons. The van der Waals surface area contributed by atoms with Crippen LogP contribution in [0.1, 0.15) is 32.3 Å². The highest BCUT2D eigenvalue weighted by Crippen LogP contribution is 2.31. The maximum Gasteiger partial charge on any atom is 0.191 e. The van der Waals surface area contributed by atoms with Crippen molar-refractivity contribution in [3.05, 3.63) is 23.8 Å². The lowest BCUT2D eigenvalue weighted by atomic mass is 10.2. The third kappa shape index (κ3) is 5.16. The lowest BCUT2D eigenvalue weighted by Gasteiger charge is -2.11. The Labute approximate surface area is 155 Å². The summed E-state index contributed by atoms with van der Waals surface area (Å²) >= 11 is 0. The van der Waals surface area contributed by atoms with Crippen LogP contribution < -0.4 is 20.1 Å². The van der Waals surface area contributed by atoms with Crippen molar-refractivity contribution in [1.29, 1.82) is 0 Å². The van der Waals surface area contributed by atoms with E-state index in [9.17, 15) is 0 Å². The Balaban J connectivity index is 0.00000192. The van der Waals surface area contributed by atoms with E-state index in [4.69, 9.17) is 9.47 Å². The Morgan fingerprint density at radius 3 is 2.70 bits per heavy atom. The van der Waals surface area contributed by atoms with E-state index in [0.717, 1.165) is 48.5 Å². The summed E-state index contributed by atoms with van der Waals surface area (Å²) in [5.74, 6) is 3.31. The number of hydrogen-bond donors (Lipinski definition) is 2. The Morgan fingerprint density at radius 2 is 2.00 bits per heavy atom. The molecule has 5 nitrogen and oxygen atoms in total. The van der Waals surface area contributed by atoms with E-state index in [2.05, 4.69) is 35.5 Å². The molecule has 1 fully saturated rings. The molecule has 2 unspecified atom stereocenters. The molecule has 1 heterocycles. The van der Waals surface area contributed by atoms with Gasteiger partial charge in [0.2, 0.25) is 0 Å². The topological polar surface area (TPSA) is 54.9 Å². The average Bonchev–Trinajstić information content (AvgIpc) is 3.26. The molecule has 0 bridgehead atoms. The van der Waals surface area contributed by atoms with Crippen LogP contribution in [0, 0.1) is 5.92 Å². The number of halogens is 1. The van der Waals surface area contributed by atoms with E-state index in [-0.39, 0.29) is 24.0 Å². The third-order valence-electron chi connectivity index (χ3n) is 4.01. The number of nitrogens with one attached hydrogen (secondary N) is 2. The molecule has 2 aliphatic rings. The second-order valence-electron chi connectivity index (χ2n) is 5.99. The largest absolute Gasteiger partial charge is 0.490 e. The quantitative estimate of drug-likeness (QED) is 0.438. The maximum atomic E-state index is 5.73. The van der Waals surface area contributed by atoms with Crippen molar-refractivity contribution in [3.8, 4) is 11.5 Å². The van der Waals surface area contributed by atoms with Crippen LogP contribution in [0.4, 0.5) is 0 Å². The van der Waals surface area contributed by atoms with Gasteiger partial charge in [-0.3, -0.25) is 0 Å². The van der Waals surface area contributed by atoms with E-state index in [1.165, 1.54) is 6.42 Å². The Bertz CT molecular complexity index is 551. The molecule has 1 saturated carbocycles. The fraction of sp³-hybridized carbons (Fsp3) is 0.588. The molecule has 0 saturated heterocycles. The summed E-state index contributed by atoms with van der Waals surface area (Å²) in [7, 11) is 0. The van der Waals surface area contributed by atoms with Crippen LogP contribution in [0.5, 0.6) is 11.5 Å². The van der Waals surface area contributed by atoms with Gasteiger partial charge in [0.25, 0.3) is 0 Å². The van der Waals surface area contributed by atoms with Gasteiger partial charge in [0.05, 0.1) is 19.8 Å². The molecule has 1 aromatic rings. The molecule has 1 aliphatic heterocycles. The SMILES string of the molecule is CCNC(=NCc1ccc2c(c1)OCCCO2)NC1CC1C.I. The molecule has 6 heteroatoms. The maximum absolute atomic E-state index is 5.73. The monoisotopic (exact) mass is 431 g/mol. The van der Waals surface area contributed by atoms with E-state index in [1.807, 2.05) is 12.1 Å². The number of benzene rings is 1. The van der Waals surface area contributed by atoms with Gasteiger partial charge in [-0.2, -0.15) is 0 Å². The lowest BCUT2D eigenvalue weighted by molar-refractivity contribution is 0.297. The zero-order valence-electron chi connectivity index (χ0n) is 13.8. The first-order valence-corrected chi connectivity index (χ1v) is 8.19. The number of ether oxygens (including phenoxy) is 2. The van der Waals surface area contributed by atoms with Crippen LogP contribution in [0.25, 0.3) is 0 Å². The van der Waals surface area contributed by atoms with E-state index >= 15 is 0 Å². The molecular weight excluding hydrogens is 405 g/mol. The second kappa shape index (κ2) is 8.61. The minimum absolute atomic E-state index is 0. The number of aliphatic imine (C=N–C) groups is 1. The van der Waals surface area contributed by atoms with Crippen molar-refractivity contribution >= 4 is 29.9 Å². The van der Waals surface area contributed by atoms with Gasteiger partial charge in [-0.15, -0.1) is 24.0 Å². The predicted octanol–water partition coefficient (Wildman–Crippen LogP) is 2.93. The van der Waals surface area contributed by atoms with Crippen LogP contribution in [-0.4, -0.2) is 31.8 Å². The highest BCUT2D eigenvalue weighted by atomic mass is 127. The zero-order valence-corrected chi connectivity index (χ0v) is 16.1. The first-order valence-electron chi connectivity index (χ1n) is 8.19. The molecule has 1 aromatic carbocycles. The van der Waals surface area contributed by atoms with Gasteiger partial charge < -0.3 is 20.1 Å². The predicted molar refractivity (Wildman–Crippen MR) is 103 cm³/mol. The molecule has 0 radical (unpaired) electrons. The van der Waals surface area contributed by atoms with Gasteiger partial charge in [-0.05, 0) is 37.0 Å². The molecule has 2 atom stereocenters. The smallest absolute Gasteiger partial charge is 0.191 e. The molecule has 0 amide bonds. The summed E-state index contributed by atoms with van der Waals surface area (Å²) in [6.07, 6.45) is 2.16. The summed E-state index contributed by atoms with van der Waals surface area (Å²) in [5.41, 5.74) is 1.13. The van der Waals surface area contributed by atoms with Crippen LogP contribution in [0.15, 0.2) is 23.2 Å². The van der Waals surface area contributed by atoms with E-state index in [0.29, 0.717) is 19.2 Å². The van der Waals surface area contributed by atoms with Crippen molar-refractivity contribution in [2.45, 2.75) is 39.3 Å². The minimum atomic E-state index is 0. The first kappa shape index (κ1) is 18.2. The van der Waals surface area contributed by atoms with Crippen molar-refractivity contribution in [2.75, 3.05) is 19.8 Å².